The maximum absolute atomic E-state index is 12.9. The van der Waals surface area contributed by atoms with E-state index in [-0.39, 0.29) is 16.6 Å². The molecule has 0 aliphatic rings. The molecule has 0 spiro atoms. The number of aryl methyl sites for hydroxylation is 1. The number of hydrogen-bond donors (Lipinski definition) is 2. The van der Waals surface area contributed by atoms with E-state index in [9.17, 15) is 9.59 Å². The molecule has 0 fully saturated rings. The Labute approximate surface area is 160 Å². The summed E-state index contributed by atoms with van der Waals surface area (Å²) < 4.78 is 3.03. The Hall–Kier alpha value is -3.74. The number of fused-ring (bicyclic) bond motifs is 2. The minimum Gasteiger partial charge on any atom is -0.348 e. The highest BCUT2D eigenvalue weighted by Gasteiger charge is 2.16. The van der Waals surface area contributed by atoms with Crippen LogP contribution in [0.4, 0.5) is 0 Å². The first kappa shape index (κ1) is 17.7. The highest BCUT2D eigenvalue weighted by Crippen LogP contribution is 2.10. The van der Waals surface area contributed by atoms with E-state index >= 15 is 0 Å². The molecule has 2 N–H and O–H groups in total. The maximum atomic E-state index is 12.9. The molecule has 1 aromatic carbocycles. The number of nitrogens with one attached hydrogen (secondary N) is 2. The minimum atomic E-state index is -0.393. The second kappa shape index (κ2) is 7.11. The fraction of sp³-hybridized carbons (Fsp3) is 0.143. The average Bonchev–Trinajstić information content (AvgIpc) is 2.73. The van der Waals surface area contributed by atoms with Crippen molar-refractivity contribution < 1.29 is 4.79 Å². The molecule has 7 heteroatoms. The van der Waals surface area contributed by atoms with E-state index in [0.29, 0.717) is 29.8 Å². The van der Waals surface area contributed by atoms with Gasteiger partial charge in [-0.15, -0.1) is 0 Å². The third kappa shape index (κ3) is 2.96. The number of benzene rings is 1. The van der Waals surface area contributed by atoms with Crippen LogP contribution in [0.1, 0.15) is 22.8 Å². The van der Waals surface area contributed by atoms with Crippen LogP contribution < -0.4 is 16.4 Å². The number of nitrogens with zero attached hydrogens (tertiary/aromatic N) is 3. The molecule has 3 heterocycles. The highest BCUT2D eigenvalue weighted by atomic mass is 16.1. The zero-order valence-corrected chi connectivity index (χ0v) is 15.3. The van der Waals surface area contributed by atoms with E-state index in [0.717, 1.165) is 5.56 Å². The molecular weight excluding hydrogens is 354 g/mol. The third-order valence-electron chi connectivity index (χ3n) is 4.68. The molecule has 0 unspecified atom stereocenters. The first-order valence-electron chi connectivity index (χ1n) is 9.02. The highest BCUT2D eigenvalue weighted by molar-refractivity contribution is 5.96. The van der Waals surface area contributed by atoms with Gasteiger partial charge in [0.15, 0.2) is 0 Å². The summed E-state index contributed by atoms with van der Waals surface area (Å²) in [6, 6.07) is 16.3. The number of amides is 1. The summed E-state index contributed by atoms with van der Waals surface area (Å²) >= 11 is 0. The van der Waals surface area contributed by atoms with Crippen LogP contribution in [-0.2, 0) is 13.1 Å². The van der Waals surface area contributed by atoms with Gasteiger partial charge in [-0.05, 0) is 30.7 Å². The second-order valence-corrected chi connectivity index (χ2v) is 6.40. The Balaban J connectivity index is 1.85. The van der Waals surface area contributed by atoms with E-state index in [1.165, 1.54) is 10.5 Å². The maximum Gasteiger partial charge on any atom is 0.267 e. The molecule has 0 radical (unpaired) electrons. The number of aromatic nitrogens is 3. The van der Waals surface area contributed by atoms with Crippen molar-refractivity contribution in [3.63, 3.8) is 0 Å². The number of carbonyl (C=O) groups excluding carboxylic acids is 1. The summed E-state index contributed by atoms with van der Waals surface area (Å²) in [5.41, 5.74) is 1.79. The van der Waals surface area contributed by atoms with Gasteiger partial charge in [0.2, 0.25) is 0 Å². The quantitative estimate of drug-likeness (QED) is 0.537. The van der Waals surface area contributed by atoms with Crippen molar-refractivity contribution in [1.29, 1.82) is 5.41 Å². The van der Waals surface area contributed by atoms with Gasteiger partial charge in [0.25, 0.3) is 11.5 Å². The van der Waals surface area contributed by atoms with Gasteiger partial charge in [-0.1, -0.05) is 36.4 Å². The van der Waals surface area contributed by atoms with E-state index in [2.05, 4.69) is 10.3 Å². The van der Waals surface area contributed by atoms with Crippen molar-refractivity contribution in [2.75, 3.05) is 0 Å². The zero-order valence-electron chi connectivity index (χ0n) is 15.3. The van der Waals surface area contributed by atoms with E-state index in [1.54, 1.807) is 29.0 Å². The Kier molecular flexibility index (Phi) is 4.49. The summed E-state index contributed by atoms with van der Waals surface area (Å²) in [6.07, 6.45) is 1.64. The van der Waals surface area contributed by atoms with Gasteiger partial charge in [0.1, 0.15) is 16.8 Å². The molecule has 0 aliphatic heterocycles. The Morgan fingerprint density at radius 2 is 1.89 bits per heavy atom. The van der Waals surface area contributed by atoms with Crippen LogP contribution in [0.3, 0.4) is 0 Å². The normalized spacial score (nSPS) is 11.0. The molecule has 0 atom stereocenters. The molecule has 1 amide bonds. The molecule has 4 aromatic rings. The van der Waals surface area contributed by atoms with Gasteiger partial charge in [0.05, 0.1) is 10.9 Å². The predicted molar refractivity (Wildman–Crippen MR) is 106 cm³/mol. The van der Waals surface area contributed by atoms with Crippen LogP contribution in [0, 0.1) is 5.41 Å². The van der Waals surface area contributed by atoms with Gasteiger partial charge >= 0.3 is 0 Å². The standard InChI is InChI=1S/C21H19N5O2/c1-2-25-18(22)15(20(27)23-13-14-8-4-3-5-9-14)12-16-19(25)24-17-10-6-7-11-26(17)21(16)28/h3-12,22H,2,13H2,1H3,(H,23,27). The lowest BCUT2D eigenvalue weighted by atomic mass is 10.1. The molecule has 0 saturated heterocycles. The molecule has 140 valence electrons. The van der Waals surface area contributed by atoms with Crippen LogP contribution >= 0.6 is 0 Å². The number of hydrogen-bond acceptors (Lipinski definition) is 4. The smallest absolute Gasteiger partial charge is 0.267 e. The van der Waals surface area contributed by atoms with Crippen molar-refractivity contribution >= 4 is 22.6 Å². The summed E-state index contributed by atoms with van der Waals surface area (Å²) in [6.45, 7) is 2.63. The average molecular weight is 373 g/mol. The lowest BCUT2D eigenvalue weighted by Crippen LogP contribution is -2.34. The summed E-state index contributed by atoms with van der Waals surface area (Å²) in [7, 11) is 0. The molecule has 0 aliphatic carbocycles. The van der Waals surface area contributed by atoms with Crippen molar-refractivity contribution in [2.45, 2.75) is 20.0 Å². The largest absolute Gasteiger partial charge is 0.348 e. The van der Waals surface area contributed by atoms with E-state index in [1.807, 2.05) is 37.3 Å². The molecule has 3 aromatic heterocycles. The van der Waals surface area contributed by atoms with Crippen LogP contribution in [0.5, 0.6) is 0 Å². The van der Waals surface area contributed by atoms with Gasteiger partial charge in [-0.2, -0.15) is 0 Å². The Bertz CT molecular complexity index is 1310. The lowest BCUT2D eigenvalue weighted by Gasteiger charge is -2.13. The van der Waals surface area contributed by atoms with Gasteiger partial charge in [-0.25, -0.2) is 4.98 Å². The molecule has 0 bridgehead atoms. The van der Waals surface area contributed by atoms with Gasteiger partial charge < -0.3 is 9.88 Å². The van der Waals surface area contributed by atoms with Crippen molar-refractivity contribution in [3.05, 3.63) is 87.8 Å². The van der Waals surface area contributed by atoms with Crippen LogP contribution in [0.25, 0.3) is 16.7 Å². The van der Waals surface area contributed by atoms with E-state index < -0.39 is 5.91 Å². The molecule has 0 saturated carbocycles. The molecule has 4 rings (SSSR count). The van der Waals surface area contributed by atoms with Gasteiger partial charge in [-0.3, -0.25) is 19.4 Å². The molecular formula is C21H19N5O2. The van der Waals surface area contributed by atoms with Crippen LogP contribution in [0.2, 0.25) is 0 Å². The fourth-order valence-electron chi connectivity index (χ4n) is 3.24. The SMILES string of the molecule is CCn1c(=N)c(C(=O)NCc2ccccc2)cc2c(=O)n3ccccc3nc21. The Morgan fingerprint density at radius 3 is 2.64 bits per heavy atom. The second-order valence-electron chi connectivity index (χ2n) is 6.40. The topological polar surface area (TPSA) is 92.2 Å². The zero-order chi connectivity index (χ0) is 19.7. The predicted octanol–water partition coefficient (Wildman–Crippen LogP) is 2.08. The Morgan fingerprint density at radius 1 is 1.14 bits per heavy atom. The molecule has 7 nitrogen and oxygen atoms in total. The van der Waals surface area contributed by atoms with Gasteiger partial charge in [0, 0.05) is 19.3 Å². The summed E-state index contributed by atoms with van der Waals surface area (Å²) in [5, 5.41) is 11.6. The fourth-order valence-corrected chi connectivity index (χ4v) is 3.24. The first-order valence-corrected chi connectivity index (χ1v) is 9.02. The van der Waals surface area contributed by atoms with Crippen molar-refractivity contribution in [1.82, 2.24) is 19.3 Å². The van der Waals surface area contributed by atoms with Crippen LogP contribution in [-0.4, -0.2) is 19.9 Å². The number of pyridine rings is 2. The first-order chi connectivity index (χ1) is 13.6. The monoisotopic (exact) mass is 373 g/mol. The van der Waals surface area contributed by atoms with Crippen molar-refractivity contribution in [2.24, 2.45) is 0 Å². The minimum absolute atomic E-state index is 0.0349. The summed E-state index contributed by atoms with van der Waals surface area (Å²) in [5.74, 6) is -0.393. The number of rotatable bonds is 4. The molecule has 28 heavy (non-hydrogen) atoms. The third-order valence-corrected chi connectivity index (χ3v) is 4.68. The van der Waals surface area contributed by atoms with Crippen molar-refractivity contribution in [3.8, 4) is 0 Å². The lowest BCUT2D eigenvalue weighted by molar-refractivity contribution is 0.0948. The van der Waals surface area contributed by atoms with Crippen LogP contribution in [0.15, 0.2) is 65.6 Å². The number of carbonyl (C=O) groups is 1. The van der Waals surface area contributed by atoms with E-state index in [4.69, 9.17) is 5.41 Å². The summed E-state index contributed by atoms with van der Waals surface area (Å²) in [4.78, 5) is 30.2.